The zero-order valence-electron chi connectivity index (χ0n) is 15.9. The van der Waals surface area contributed by atoms with Gasteiger partial charge in [-0.1, -0.05) is 30.3 Å². The second kappa shape index (κ2) is 6.75. The van der Waals surface area contributed by atoms with Gasteiger partial charge in [0, 0.05) is 30.5 Å². The fraction of sp³-hybridized carbons (Fsp3) is 0.261. The topological polar surface area (TPSA) is 43.7 Å². The number of hydrogen-bond donors (Lipinski definition) is 0. The summed E-state index contributed by atoms with van der Waals surface area (Å²) in [5, 5.41) is 0. The Kier molecular flexibility index (Phi) is 4.08. The quantitative estimate of drug-likeness (QED) is 0.682. The number of carbonyl (C=O) groups excluding carboxylic acids is 1. The van der Waals surface area contributed by atoms with Crippen LogP contribution in [0.4, 0.5) is 0 Å². The SMILES string of the molecule is Cc1c(C(=O)N2CCCC2)cc(-c2ccccc2)n1-c1ccc2c(c1)OCO2. The second-order valence-corrected chi connectivity index (χ2v) is 7.27. The molecule has 0 spiro atoms. The van der Waals surface area contributed by atoms with Crippen LogP contribution in [0.25, 0.3) is 16.9 Å². The van der Waals surface area contributed by atoms with Crippen LogP contribution >= 0.6 is 0 Å². The summed E-state index contributed by atoms with van der Waals surface area (Å²) in [6, 6.07) is 18.1. The van der Waals surface area contributed by atoms with Crippen molar-refractivity contribution in [2.45, 2.75) is 19.8 Å². The van der Waals surface area contributed by atoms with Crippen molar-refractivity contribution in [1.82, 2.24) is 9.47 Å². The van der Waals surface area contributed by atoms with E-state index in [0.29, 0.717) is 0 Å². The van der Waals surface area contributed by atoms with E-state index in [4.69, 9.17) is 9.47 Å². The molecule has 2 aliphatic rings. The molecular weight excluding hydrogens is 352 g/mol. The van der Waals surface area contributed by atoms with E-state index in [1.165, 1.54) is 0 Å². The molecule has 0 saturated carbocycles. The van der Waals surface area contributed by atoms with Gasteiger partial charge in [-0.3, -0.25) is 4.79 Å². The maximum atomic E-state index is 13.2. The average Bonchev–Trinajstić information content (AvgIpc) is 3.47. The van der Waals surface area contributed by atoms with Gasteiger partial charge in [0.05, 0.1) is 11.3 Å². The first-order valence-electron chi connectivity index (χ1n) is 9.69. The molecule has 3 heterocycles. The van der Waals surface area contributed by atoms with Gasteiger partial charge in [0.2, 0.25) is 6.79 Å². The normalized spacial score (nSPS) is 15.2. The first-order chi connectivity index (χ1) is 13.7. The van der Waals surface area contributed by atoms with Gasteiger partial charge in [-0.2, -0.15) is 0 Å². The van der Waals surface area contributed by atoms with Gasteiger partial charge in [0.25, 0.3) is 5.91 Å². The molecule has 1 saturated heterocycles. The summed E-state index contributed by atoms with van der Waals surface area (Å²) in [7, 11) is 0. The summed E-state index contributed by atoms with van der Waals surface area (Å²) in [5.41, 5.74) is 4.73. The Labute approximate surface area is 164 Å². The Morgan fingerprint density at radius 2 is 1.68 bits per heavy atom. The van der Waals surface area contributed by atoms with E-state index in [0.717, 1.165) is 65.6 Å². The van der Waals surface area contributed by atoms with E-state index in [1.54, 1.807) is 0 Å². The number of amides is 1. The molecule has 1 fully saturated rings. The number of aromatic nitrogens is 1. The van der Waals surface area contributed by atoms with Gasteiger partial charge in [-0.05, 0) is 43.5 Å². The standard InChI is InChI=1S/C23H22N2O3/c1-16-19(23(26)24-11-5-6-12-24)14-20(17-7-3-2-4-8-17)25(16)18-9-10-21-22(13-18)28-15-27-21/h2-4,7-10,13-14H,5-6,11-12,15H2,1H3. The van der Waals surface area contributed by atoms with Crippen molar-refractivity contribution >= 4 is 5.91 Å². The van der Waals surface area contributed by atoms with Crippen LogP contribution in [0.2, 0.25) is 0 Å². The number of fused-ring (bicyclic) bond motifs is 1. The predicted octanol–water partition coefficient (Wildman–Crippen LogP) is 4.42. The predicted molar refractivity (Wildman–Crippen MR) is 107 cm³/mol. The second-order valence-electron chi connectivity index (χ2n) is 7.27. The summed E-state index contributed by atoms with van der Waals surface area (Å²) >= 11 is 0. The van der Waals surface area contributed by atoms with Gasteiger partial charge in [-0.25, -0.2) is 0 Å². The molecule has 2 aliphatic heterocycles. The van der Waals surface area contributed by atoms with Crippen LogP contribution in [0, 0.1) is 6.92 Å². The summed E-state index contributed by atoms with van der Waals surface area (Å²) in [4.78, 5) is 15.1. The molecule has 0 unspecified atom stereocenters. The van der Waals surface area contributed by atoms with Crippen LogP contribution in [0.3, 0.4) is 0 Å². The third-order valence-corrected chi connectivity index (χ3v) is 5.55. The molecular formula is C23H22N2O3. The number of ether oxygens (including phenoxy) is 2. The molecule has 5 nitrogen and oxygen atoms in total. The van der Waals surface area contributed by atoms with Crippen LogP contribution in [0.15, 0.2) is 54.6 Å². The van der Waals surface area contributed by atoms with Crippen LogP contribution < -0.4 is 9.47 Å². The van der Waals surface area contributed by atoms with Crippen LogP contribution in [-0.4, -0.2) is 35.3 Å². The van der Waals surface area contributed by atoms with Crippen molar-refractivity contribution in [3.05, 3.63) is 65.9 Å². The molecule has 0 N–H and O–H groups in total. The van der Waals surface area contributed by atoms with Gasteiger partial charge < -0.3 is 18.9 Å². The lowest BCUT2D eigenvalue weighted by Gasteiger charge is -2.16. The van der Waals surface area contributed by atoms with E-state index < -0.39 is 0 Å². The smallest absolute Gasteiger partial charge is 0.255 e. The third kappa shape index (κ3) is 2.74. The third-order valence-electron chi connectivity index (χ3n) is 5.55. The number of likely N-dealkylation sites (tertiary alicyclic amines) is 1. The van der Waals surface area contributed by atoms with Gasteiger partial charge >= 0.3 is 0 Å². The number of nitrogens with zero attached hydrogens (tertiary/aromatic N) is 2. The molecule has 0 aliphatic carbocycles. The van der Waals surface area contributed by atoms with Crippen LogP contribution in [-0.2, 0) is 0 Å². The van der Waals surface area contributed by atoms with Gasteiger partial charge in [0.1, 0.15) is 0 Å². The Hall–Kier alpha value is -3.21. The summed E-state index contributed by atoms with van der Waals surface area (Å²) < 4.78 is 13.2. The van der Waals surface area contributed by atoms with Crippen molar-refractivity contribution in [2.75, 3.05) is 19.9 Å². The highest BCUT2D eigenvalue weighted by Gasteiger charge is 2.26. The molecule has 3 aromatic rings. The van der Waals surface area contributed by atoms with Gasteiger partial charge in [0.15, 0.2) is 11.5 Å². The summed E-state index contributed by atoms with van der Waals surface area (Å²) in [6.07, 6.45) is 2.17. The van der Waals surface area contributed by atoms with Crippen molar-refractivity contribution < 1.29 is 14.3 Å². The Bertz CT molecular complexity index is 1030. The fourth-order valence-electron chi connectivity index (χ4n) is 4.09. The zero-order valence-corrected chi connectivity index (χ0v) is 15.9. The monoisotopic (exact) mass is 374 g/mol. The molecule has 0 atom stereocenters. The molecule has 0 radical (unpaired) electrons. The highest BCUT2D eigenvalue weighted by atomic mass is 16.7. The maximum absolute atomic E-state index is 13.2. The van der Waals surface area contributed by atoms with Crippen LogP contribution in [0.1, 0.15) is 28.9 Å². The largest absolute Gasteiger partial charge is 0.454 e. The Balaban J connectivity index is 1.67. The lowest BCUT2D eigenvalue weighted by atomic mass is 10.1. The minimum absolute atomic E-state index is 0.117. The number of carbonyl (C=O) groups is 1. The molecule has 2 aromatic carbocycles. The highest BCUT2D eigenvalue weighted by Crippen LogP contribution is 2.37. The highest BCUT2D eigenvalue weighted by molar-refractivity contribution is 5.97. The first-order valence-corrected chi connectivity index (χ1v) is 9.69. The fourth-order valence-corrected chi connectivity index (χ4v) is 4.09. The molecule has 5 heteroatoms. The number of rotatable bonds is 3. The van der Waals surface area contributed by atoms with Crippen molar-refractivity contribution in [1.29, 1.82) is 0 Å². The van der Waals surface area contributed by atoms with Crippen LogP contribution in [0.5, 0.6) is 11.5 Å². The van der Waals surface area contributed by atoms with Crippen molar-refractivity contribution in [2.24, 2.45) is 0 Å². The minimum Gasteiger partial charge on any atom is -0.454 e. The number of benzene rings is 2. The lowest BCUT2D eigenvalue weighted by molar-refractivity contribution is 0.0792. The lowest BCUT2D eigenvalue weighted by Crippen LogP contribution is -2.27. The van der Waals surface area contributed by atoms with E-state index in [1.807, 2.05) is 54.3 Å². The average molecular weight is 374 g/mol. The molecule has 142 valence electrons. The maximum Gasteiger partial charge on any atom is 0.255 e. The summed E-state index contributed by atoms with van der Waals surface area (Å²) in [6.45, 7) is 3.94. The zero-order chi connectivity index (χ0) is 19.1. The summed E-state index contributed by atoms with van der Waals surface area (Å²) in [5.74, 6) is 1.60. The Morgan fingerprint density at radius 1 is 0.929 bits per heavy atom. The Morgan fingerprint density at radius 3 is 2.46 bits per heavy atom. The van der Waals surface area contributed by atoms with E-state index in [-0.39, 0.29) is 12.7 Å². The molecule has 1 amide bonds. The van der Waals surface area contributed by atoms with Gasteiger partial charge in [-0.15, -0.1) is 0 Å². The first kappa shape index (κ1) is 16.9. The molecule has 28 heavy (non-hydrogen) atoms. The van der Waals surface area contributed by atoms with E-state index in [9.17, 15) is 4.79 Å². The van der Waals surface area contributed by atoms with E-state index >= 15 is 0 Å². The molecule has 1 aromatic heterocycles. The van der Waals surface area contributed by atoms with E-state index in [2.05, 4.69) is 16.7 Å². The van der Waals surface area contributed by atoms with Crippen molar-refractivity contribution in [3.63, 3.8) is 0 Å². The van der Waals surface area contributed by atoms with Crippen molar-refractivity contribution in [3.8, 4) is 28.4 Å². The minimum atomic E-state index is 0.117. The molecule has 0 bridgehead atoms. The number of hydrogen-bond acceptors (Lipinski definition) is 3. The molecule has 5 rings (SSSR count).